The van der Waals surface area contributed by atoms with Crippen molar-refractivity contribution in [3.05, 3.63) is 24.3 Å². The molecule has 0 unspecified atom stereocenters. The molecule has 2 rings (SSSR count). The second kappa shape index (κ2) is 8.49. The van der Waals surface area contributed by atoms with E-state index in [0.29, 0.717) is 18.8 Å². The molecule has 130 valence electrons. The van der Waals surface area contributed by atoms with Crippen molar-refractivity contribution in [1.29, 1.82) is 0 Å². The SMILES string of the molecule is COc1ccc(S(=O)(=O)N(C)CC(=O)N2CCNCC2)cc1.Cl. The molecule has 1 aliphatic heterocycles. The molecule has 0 radical (unpaired) electrons. The maximum absolute atomic E-state index is 12.5. The van der Waals surface area contributed by atoms with Gasteiger partial charge < -0.3 is 15.0 Å². The van der Waals surface area contributed by atoms with Crippen molar-refractivity contribution >= 4 is 28.3 Å². The number of carbonyl (C=O) groups is 1. The number of hydrogen-bond donors (Lipinski definition) is 1. The van der Waals surface area contributed by atoms with Crippen molar-refractivity contribution in [2.24, 2.45) is 0 Å². The van der Waals surface area contributed by atoms with Crippen LogP contribution in [0.1, 0.15) is 0 Å². The molecule has 9 heteroatoms. The van der Waals surface area contributed by atoms with E-state index in [1.807, 2.05) is 0 Å². The molecule has 1 aliphatic rings. The van der Waals surface area contributed by atoms with Crippen LogP contribution in [0.3, 0.4) is 0 Å². The first kappa shape index (κ1) is 19.7. The van der Waals surface area contributed by atoms with Gasteiger partial charge >= 0.3 is 0 Å². The van der Waals surface area contributed by atoms with E-state index >= 15 is 0 Å². The number of ether oxygens (including phenoxy) is 1. The minimum Gasteiger partial charge on any atom is -0.497 e. The molecular formula is C14H22ClN3O4S. The van der Waals surface area contributed by atoms with Crippen molar-refractivity contribution in [2.45, 2.75) is 4.90 Å². The monoisotopic (exact) mass is 363 g/mol. The van der Waals surface area contributed by atoms with Gasteiger partial charge in [-0.2, -0.15) is 4.31 Å². The Hall–Kier alpha value is -1.35. The summed E-state index contributed by atoms with van der Waals surface area (Å²) in [7, 11) is -0.751. The molecule has 1 heterocycles. The van der Waals surface area contributed by atoms with Gasteiger partial charge in [-0.15, -0.1) is 12.4 Å². The van der Waals surface area contributed by atoms with Gasteiger partial charge in [-0.3, -0.25) is 4.79 Å². The number of carbonyl (C=O) groups excluding carboxylic acids is 1. The number of benzene rings is 1. The second-order valence-electron chi connectivity index (χ2n) is 5.07. The summed E-state index contributed by atoms with van der Waals surface area (Å²) < 4.78 is 31.0. The van der Waals surface area contributed by atoms with Crippen LogP contribution in [-0.2, 0) is 14.8 Å². The zero-order valence-corrected chi connectivity index (χ0v) is 14.8. The lowest BCUT2D eigenvalue weighted by Crippen LogP contribution is -2.49. The molecule has 1 aromatic carbocycles. The van der Waals surface area contributed by atoms with E-state index in [1.165, 1.54) is 26.3 Å². The predicted molar refractivity (Wildman–Crippen MR) is 89.5 cm³/mol. The molecule has 1 N–H and O–H groups in total. The lowest BCUT2D eigenvalue weighted by Gasteiger charge is -2.29. The minimum absolute atomic E-state index is 0. The maximum Gasteiger partial charge on any atom is 0.243 e. The Kier molecular flexibility index (Phi) is 7.27. The number of likely N-dealkylation sites (N-methyl/N-ethyl adjacent to an activating group) is 1. The topological polar surface area (TPSA) is 79.0 Å². The fourth-order valence-electron chi connectivity index (χ4n) is 2.22. The molecule has 1 amide bonds. The van der Waals surface area contributed by atoms with E-state index in [1.54, 1.807) is 17.0 Å². The Morgan fingerprint density at radius 2 is 1.83 bits per heavy atom. The summed E-state index contributed by atoms with van der Waals surface area (Å²) in [4.78, 5) is 14.0. The lowest BCUT2D eigenvalue weighted by atomic mass is 10.3. The first-order valence-electron chi connectivity index (χ1n) is 7.04. The molecule has 23 heavy (non-hydrogen) atoms. The summed E-state index contributed by atoms with van der Waals surface area (Å²) in [6, 6.07) is 6.11. The van der Waals surface area contributed by atoms with Crippen LogP contribution in [0, 0.1) is 0 Å². The van der Waals surface area contributed by atoms with E-state index in [-0.39, 0.29) is 29.8 Å². The summed E-state index contributed by atoms with van der Waals surface area (Å²) in [5.74, 6) is 0.402. The Bertz CT molecular complexity index is 615. The number of methoxy groups -OCH3 is 1. The van der Waals surface area contributed by atoms with Crippen molar-refractivity contribution in [2.75, 3.05) is 46.9 Å². The zero-order chi connectivity index (χ0) is 16.2. The van der Waals surface area contributed by atoms with Gasteiger partial charge in [0, 0.05) is 33.2 Å². The van der Waals surface area contributed by atoms with Crippen LogP contribution in [0.5, 0.6) is 5.75 Å². The van der Waals surface area contributed by atoms with Gasteiger partial charge in [-0.1, -0.05) is 0 Å². The van der Waals surface area contributed by atoms with Gasteiger partial charge in [-0.05, 0) is 24.3 Å². The van der Waals surface area contributed by atoms with Gasteiger partial charge in [0.2, 0.25) is 15.9 Å². The molecule has 0 spiro atoms. The maximum atomic E-state index is 12.5. The standard InChI is InChI=1S/C14H21N3O4S.ClH/c1-16(11-14(18)17-9-7-15-8-10-17)22(19,20)13-5-3-12(21-2)4-6-13;/h3-6,15H,7-11H2,1-2H3;1H. The number of piperazine rings is 1. The first-order valence-corrected chi connectivity index (χ1v) is 8.48. The molecule has 0 atom stereocenters. The number of sulfonamides is 1. The molecule has 0 bridgehead atoms. The Labute approximate surface area is 143 Å². The molecule has 1 saturated heterocycles. The van der Waals surface area contributed by atoms with E-state index < -0.39 is 10.0 Å². The highest BCUT2D eigenvalue weighted by Crippen LogP contribution is 2.18. The number of nitrogens with zero attached hydrogens (tertiary/aromatic N) is 2. The second-order valence-corrected chi connectivity index (χ2v) is 7.11. The summed E-state index contributed by atoms with van der Waals surface area (Å²) in [5, 5.41) is 3.15. The summed E-state index contributed by atoms with van der Waals surface area (Å²) in [6.45, 7) is 2.53. The van der Waals surface area contributed by atoms with Crippen LogP contribution in [-0.4, -0.2) is 70.4 Å². The Morgan fingerprint density at radius 1 is 1.26 bits per heavy atom. The first-order chi connectivity index (χ1) is 10.4. The fraction of sp³-hybridized carbons (Fsp3) is 0.500. The van der Waals surface area contributed by atoms with Crippen LogP contribution >= 0.6 is 12.4 Å². The molecular weight excluding hydrogens is 342 g/mol. The number of amides is 1. The summed E-state index contributed by atoms with van der Waals surface area (Å²) in [6.07, 6.45) is 0. The van der Waals surface area contributed by atoms with Crippen LogP contribution < -0.4 is 10.1 Å². The average molecular weight is 364 g/mol. The third kappa shape index (κ3) is 4.81. The van der Waals surface area contributed by atoms with E-state index in [4.69, 9.17) is 4.74 Å². The van der Waals surface area contributed by atoms with E-state index in [0.717, 1.165) is 17.4 Å². The van der Waals surface area contributed by atoms with Crippen LogP contribution in [0.25, 0.3) is 0 Å². The summed E-state index contributed by atoms with van der Waals surface area (Å²) in [5.41, 5.74) is 0. The molecule has 0 aliphatic carbocycles. The van der Waals surface area contributed by atoms with E-state index in [2.05, 4.69) is 5.32 Å². The van der Waals surface area contributed by atoms with Crippen molar-refractivity contribution in [3.63, 3.8) is 0 Å². The van der Waals surface area contributed by atoms with Crippen LogP contribution in [0.4, 0.5) is 0 Å². The number of nitrogens with one attached hydrogen (secondary N) is 1. The van der Waals surface area contributed by atoms with Gasteiger partial charge in [-0.25, -0.2) is 8.42 Å². The predicted octanol–water partition coefficient (Wildman–Crippen LogP) is 0.169. The van der Waals surface area contributed by atoms with Gasteiger partial charge in [0.1, 0.15) is 5.75 Å². The largest absolute Gasteiger partial charge is 0.497 e. The smallest absolute Gasteiger partial charge is 0.243 e. The molecule has 1 aromatic rings. The van der Waals surface area contributed by atoms with Gasteiger partial charge in [0.05, 0.1) is 18.6 Å². The quantitative estimate of drug-likeness (QED) is 0.806. The van der Waals surface area contributed by atoms with E-state index in [9.17, 15) is 13.2 Å². The van der Waals surface area contributed by atoms with Crippen LogP contribution in [0.15, 0.2) is 29.2 Å². The lowest BCUT2D eigenvalue weighted by molar-refractivity contribution is -0.131. The van der Waals surface area contributed by atoms with Crippen molar-refractivity contribution in [1.82, 2.24) is 14.5 Å². The zero-order valence-electron chi connectivity index (χ0n) is 13.2. The third-order valence-corrected chi connectivity index (χ3v) is 5.41. The van der Waals surface area contributed by atoms with Crippen LogP contribution in [0.2, 0.25) is 0 Å². The third-order valence-electron chi connectivity index (χ3n) is 3.60. The number of hydrogen-bond acceptors (Lipinski definition) is 5. The minimum atomic E-state index is -3.68. The fourth-order valence-corrected chi connectivity index (χ4v) is 3.34. The average Bonchev–Trinajstić information content (AvgIpc) is 2.55. The molecule has 7 nitrogen and oxygen atoms in total. The highest BCUT2D eigenvalue weighted by Gasteiger charge is 2.25. The Morgan fingerprint density at radius 3 is 2.35 bits per heavy atom. The number of halogens is 1. The van der Waals surface area contributed by atoms with Crippen molar-refractivity contribution in [3.8, 4) is 5.75 Å². The Balaban J connectivity index is 0.00000264. The molecule has 1 fully saturated rings. The summed E-state index contributed by atoms with van der Waals surface area (Å²) >= 11 is 0. The van der Waals surface area contributed by atoms with Crippen molar-refractivity contribution < 1.29 is 17.9 Å². The van der Waals surface area contributed by atoms with Gasteiger partial charge in [0.15, 0.2) is 0 Å². The number of rotatable bonds is 5. The highest BCUT2D eigenvalue weighted by molar-refractivity contribution is 7.89. The normalized spacial score (nSPS) is 15.2. The molecule has 0 aromatic heterocycles. The highest BCUT2D eigenvalue weighted by atomic mass is 35.5. The molecule has 0 saturated carbocycles. The van der Waals surface area contributed by atoms with Gasteiger partial charge in [0.25, 0.3) is 0 Å².